The number of allylic oxidation sites excluding steroid dienone is 3. The largest absolute Gasteiger partial charge is 0.495 e. The van der Waals surface area contributed by atoms with E-state index in [0.29, 0.717) is 49.0 Å². The third kappa shape index (κ3) is 6.00. The number of carbonyl (C=O) groups excluding carboxylic acids is 1. The zero-order chi connectivity index (χ0) is 26.2. The fourth-order valence-corrected chi connectivity index (χ4v) is 4.20. The number of carbonyl (C=O) groups is 1. The molecule has 1 aromatic carbocycles. The molecular weight excluding hydrogens is 472 g/mol. The van der Waals surface area contributed by atoms with Crippen molar-refractivity contribution in [1.82, 2.24) is 4.90 Å². The molecule has 4 rings (SSSR count). The van der Waals surface area contributed by atoms with Crippen LogP contribution in [0.2, 0.25) is 0 Å². The van der Waals surface area contributed by atoms with Gasteiger partial charge in [0.1, 0.15) is 24.0 Å². The molecule has 2 heterocycles. The van der Waals surface area contributed by atoms with Gasteiger partial charge in [-0.15, -0.1) is 0 Å². The van der Waals surface area contributed by atoms with E-state index in [4.69, 9.17) is 18.6 Å². The molecule has 0 saturated carbocycles. The molecule has 1 N–H and O–H groups in total. The molecule has 37 heavy (non-hydrogen) atoms. The van der Waals surface area contributed by atoms with Gasteiger partial charge >= 0.3 is 0 Å². The molecule has 1 aromatic heterocycles. The summed E-state index contributed by atoms with van der Waals surface area (Å²) in [4.78, 5) is 22.0. The summed E-state index contributed by atoms with van der Waals surface area (Å²) < 4.78 is 22.7. The van der Waals surface area contributed by atoms with Gasteiger partial charge in [-0.3, -0.25) is 9.79 Å². The Morgan fingerprint density at radius 1 is 1.22 bits per heavy atom. The van der Waals surface area contributed by atoms with Crippen LogP contribution in [0.4, 0.5) is 5.69 Å². The third-order valence-electron chi connectivity index (χ3n) is 6.08. The number of likely N-dealkylation sites (tertiary alicyclic amines) is 1. The number of hydrogen-bond donors (Lipinski definition) is 1. The number of ether oxygens (including phenoxy) is 3. The molecule has 0 bridgehead atoms. The van der Waals surface area contributed by atoms with E-state index in [1.54, 1.807) is 31.6 Å². The topological polar surface area (TPSA) is 97.9 Å². The lowest BCUT2D eigenvalue weighted by Crippen LogP contribution is -2.28. The minimum Gasteiger partial charge on any atom is -0.495 e. The Labute approximate surface area is 216 Å². The zero-order valence-corrected chi connectivity index (χ0v) is 21.0. The molecule has 1 aliphatic carbocycles. The van der Waals surface area contributed by atoms with E-state index in [2.05, 4.69) is 28.6 Å². The summed E-state index contributed by atoms with van der Waals surface area (Å²) in [5.41, 5.74) is 3.47. The first-order valence-corrected chi connectivity index (χ1v) is 11.8. The van der Waals surface area contributed by atoms with Crippen LogP contribution < -0.4 is 10.1 Å². The molecule has 9 nitrogen and oxygen atoms in total. The number of nitrogens with one attached hydrogen (secondary N) is 1. The van der Waals surface area contributed by atoms with Crippen molar-refractivity contribution in [2.45, 2.75) is 18.9 Å². The number of amides is 1. The maximum atomic E-state index is 12.0. The van der Waals surface area contributed by atoms with E-state index in [1.807, 2.05) is 36.4 Å². The van der Waals surface area contributed by atoms with Gasteiger partial charge in [0.2, 0.25) is 5.91 Å². The normalized spacial score (nSPS) is 18.6. The molecule has 192 valence electrons. The van der Waals surface area contributed by atoms with Crippen LogP contribution in [-0.4, -0.2) is 57.3 Å². The van der Waals surface area contributed by atoms with Gasteiger partial charge < -0.3 is 28.8 Å². The van der Waals surface area contributed by atoms with Crippen molar-refractivity contribution in [3.8, 4) is 16.9 Å². The molecule has 1 amide bonds. The van der Waals surface area contributed by atoms with E-state index < -0.39 is 0 Å². The van der Waals surface area contributed by atoms with Gasteiger partial charge in [0.15, 0.2) is 11.5 Å². The van der Waals surface area contributed by atoms with Gasteiger partial charge in [-0.2, -0.15) is 0 Å². The summed E-state index contributed by atoms with van der Waals surface area (Å²) in [5, 5.41) is 3.39. The van der Waals surface area contributed by atoms with Gasteiger partial charge in [-0.05, 0) is 55.1 Å². The number of methoxy groups -OCH3 is 2. The van der Waals surface area contributed by atoms with Crippen LogP contribution in [0.5, 0.6) is 5.75 Å². The van der Waals surface area contributed by atoms with Crippen LogP contribution in [0.1, 0.15) is 12.8 Å². The average molecular weight is 503 g/mol. The molecule has 0 radical (unpaired) electrons. The van der Waals surface area contributed by atoms with E-state index >= 15 is 0 Å². The van der Waals surface area contributed by atoms with Gasteiger partial charge in [0.25, 0.3) is 0 Å². The Balaban J connectivity index is 1.65. The Kier molecular flexibility index (Phi) is 8.25. The second-order valence-electron chi connectivity index (χ2n) is 8.36. The maximum absolute atomic E-state index is 12.0. The summed E-state index contributed by atoms with van der Waals surface area (Å²) in [5.74, 6) is 2.30. The second kappa shape index (κ2) is 11.9. The summed E-state index contributed by atoms with van der Waals surface area (Å²) in [6.45, 7) is 8.18. The predicted octanol–water partition coefficient (Wildman–Crippen LogP) is 4.93. The first-order valence-electron chi connectivity index (χ1n) is 11.8. The van der Waals surface area contributed by atoms with Crippen LogP contribution in [0.15, 0.2) is 98.9 Å². The average Bonchev–Trinajstić information content (AvgIpc) is 3.63. The SMILES string of the molecule is C=CC(=O)N1CCC(OC2=C/C(=C(/N=CN=C)Nc3cc(-c4ccoc4)ccc3OC)CC=C2OC)C1. The van der Waals surface area contributed by atoms with Crippen LogP contribution in [-0.2, 0) is 14.3 Å². The molecule has 9 heteroatoms. The Morgan fingerprint density at radius 3 is 2.78 bits per heavy atom. The van der Waals surface area contributed by atoms with Crippen LogP contribution in [0.3, 0.4) is 0 Å². The maximum Gasteiger partial charge on any atom is 0.246 e. The lowest BCUT2D eigenvalue weighted by Gasteiger charge is -2.22. The van der Waals surface area contributed by atoms with Gasteiger partial charge in [-0.25, -0.2) is 4.99 Å². The first-order chi connectivity index (χ1) is 18.1. The first kappa shape index (κ1) is 25.6. The van der Waals surface area contributed by atoms with E-state index in [-0.39, 0.29) is 12.0 Å². The highest BCUT2D eigenvalue weighted by Gasteiger charge is 2.28. The molecule has 1 saturated heterocycles. The van der Waals surface area contributed by atoms with Crippen LogP contribution >= 0.6 is 0 Å². The number of aliphatic imine (C=N–C) groups is 2. The van der Waals surface area contributed by atoms with E-state index in [0.717, 1.165) is 22.4 Å². The van der Waals surface area contributed by atoms with Crippen molar-refractivity contribution in [3.63, 3.8) is 0 Å². The number of rotatable bonds is 10. The smallest absolute Gasteiger partial charge is 0.246 e. The van der Waals surface area contributed by atoms with Gasteiger partial charge in [0.05, 0.1) is 39.0 Å². The highest BCUT2D eigenvalue weighted by atomic mass is 16.5. The van der Waals surface area contributed by atoms with Gasteiger partial charge in [0, 0.05) is 24.1 Å². The molecule has 1 atom stereocenters. The minimum absolute atomic E-state index is 0.101. The zero-order valence-electron chi connectivity index (χ0n) is 21.0. The van der Waals surface area contributed by atoms with Gasteiger partial charge in [-0.1, -0.05) is 12.6 Å². The third-order valence-corrected chi connectivity index (χ3v) is 6.08. The van der Waals surface area contributed by atoms with Crippen molar-refractivity contribution in [1.29, 1.82) is 0 Å². The Hall–Kier alpha value is -4.53. The number of furan rings is 1. The molecular formula is C28H30N4O5. The molecule has 0 spiro atoms. The quantitative estimate of drug-likeness (QED) is 0.281. The number of anilines is 1. The van der Waals surface area contributed by atoms with E-state index in [9.17, 15) is 4.79 Å². The van der Waals surface area contributed by atoms with Crippen molar-refractivity contribution < 1.29 is 23.4 Å². The summed E-state index contributed by atoms with van der Waals surface area (Å²) in [7, 11) is 3.21. The van der Waals surface area contributed by atoms with Crippen LogP contribution in [0, 0.1) is 0 Å². The summed E-state index contributed by atoms with van der Waals surface area (Å²) in [6, 6.07) is 7.69. The second-order valence-corrected chi connectivity index (χ2v) is 8.36. The highest BCUT2D eigenvalue weighted by Crippen LogP contribution is 2.34. The number of nitrogens with zero attached hydrogens (tertiary/aromatic N) is 3. The Morgan fingerprint density at radius 2 is 2.08 bits per heavy atom. The Bertz CT molecular complexity index is 1270. The monoisotopic (exact) mass is 502 g/mol. The number of hydrogen-bond acceptors (Lipinski definition) is 7. The fraction of sp³-hybridized carbons (Fsp3) is 0.250. The van der Waals surface area contributed by atoms with Crippen molar-refractivity contribution in [2.75, 3.05) is 32.6 Å². The summed E-state index contributed by atoms with van der Waals surface area (Å²) in [6.07, 6.45) is 10.9. The molecule has 2 aliphatic rings. The fourth-order valence-electron chi connectivity index (χ4n) is 4.20. The lowest BCUT2D eigenvalue weighted by atomic mass is 10.0. The van der Waals surface area contributed by atoms with Crippen LogP contribution in [0.25, 0.3) is 11.1 Å². The van der Waals surface area contributed by atoms with Crippen molar-refractivity contribution in [2.24, 2.45) is 9.98 Å². The number of benzene rings is 1. The summed E-state index contributed by atoms with van der Waals surface area (Å²) >= 11 is 0. The van der Waals surface area contributed by atoms with Crippen molar-refractivity contribution >= 4 is 24.7 Å². The van der Waals surface area contributed by atoms with E-state index in [1.165, 1.54) is 12.4 Å². The molecule has 1 aliphatic heterocycles. The van der Waals surface area contributed by atoms with Crippen molar-refractivity contribution in [3.05, 3.63) is 84.5 Å². The molecule has 2 aromatic rings. The molecule has 1 fully saturated rings. The molecule has 1 unspecified atom stereocenters. The standard InChI is InChI=1S/C28H30N4O5/c1-5-27(33)32-12-10-22(16-32)37-26-15-20(7-9-25(26)35-4)28(30-18-29-2)31-23-14-19(6-8-24(23)34-3)21-11-13-36-17-21/h5-6,8-9,11,13-15,17-18,22,31H,1-2,7,10,12,16H2,3-4H3/b28-20-,30-18?. The lowest BCUT2D eigenvalue weighted by molar-refractivity contribution is -0.125. The highest BCUT2D eigenvalue weighted by molar-refractivity contribution is 5.87. The predicted molar refractivity (Wildman–Crippen MR) is 143 cm³/mol. The minimum atomic E-state index is -0.158.